The van der Waals surface area contributed by atoms with Gasteiger partial charge in [-0.2, -0.15) is 0 Å². The van der Waals surface area contributed by atoms with Crippen molar-refractivity contribution in [2.24, 2.45) is 0 Å². The van der Waals surface area contributed by atoms with Crippen LogP contribution in [0.4, 0.5) is 0 Å². The summed E-state index contributed by atoms with van der Waals surface area (Å²) in [7, 11) is 0. The summed E-state index contributed by atoms with van der Waals surface area (Å²) in [5, 5.41) is 3.15. The van der Waals surface area contributed by atoms with E-state index in [-0.39, 0.29) is 11.4 Å². The number of amides is 1. The molecule has 1 saturated heterocycles. The largest absolute Gasteiger partial charge is 0.347 e. The number of halogens is 1. The van der Waals surface area contributed by atoms with E-state index in [1.165, 1.54) is 11.1 Å². The monoisotopic (exact) mass is 265 g/mol. The summed E-state index contributed by atoms with van der Waals surface area (Å²) < 4.78 is 1.10. The predicted octanol–water partition coefficient (Wildman–Crippen LogP) is 2.50. The molecule has 1 atom stereocenters. The van der Waals surface area contributed by atoms with Crippen molar-refractivity contribution in [3.63, 3.8) is 0 Å². The molecule has 1 spiro atoms. The Morgan fingerprint density at radius 3 is 2.80 bits per heavy atom. The molecule has 1 aromatic carbocycles. The molecule has 1 aliphatic heterocycles. The number of carbonyl (C=O) groups is 1. The Morgan fingerprint density at radius 1 is 1.27 bits per heavy atom. The van der Waals surface area contributed by atoms with Crippen LogP contribution in [0.2, 0.25) is 0 Å². The number of rotatable bonds is 0. The van der Waals surface area contributed by atoms with Crippen molar-refractivity contribution in [1.29, 1.82) is 0 Å². The Labute approximate surface area is 97.2 Å². The summed E-state index contributed by atoms with van der Waals surface area (Å²) in [6.07, 6.45) is 3.77. The number of carbonyl (C=O) groups excluding carboxylic acids is 1. The molecule has 1 aliphatic carbocycles. The number of benzene rings is 1. The standard InChI is InChI=1S/C12H12BrNO/c13-9-2-1-8-3-5-12(10(8)7-9)6-4-11(15)14-12/h1-2,7H,3-6H2,(H,14,15)/t12-/m0/s1. The zero-order valence-electron chi connectivity index (χ0n) is 8.35. The van der Waals surface area contributed by atoms with E-state index in [1.807, 2.05) is 0 Å². The highest BCUT2D eigenvalue weighted by Crippen LogP contribution is 2.43. The maximum atomic E-state index is 11.4. The van der Waals surface area contributed by atoms with Crippen molar-refractivity contribution < 1.29 is 4.79 Å². The third kappa shape index (κ3) is 1.33. The quantitative estimate of drug-likeness (QED) is 0.768. The lowest BCUT2D eigenvalue weighted by Gasteiger charge is -2.24. The molecule has 3 rings (SSSR count). The molecule has 2 nitrogen and oxygen atoms in total. The van der Waals surface area contributed by atoms with E-state index in [9.17, 15) is 4.79 Å². The molecule has 2 aliphatic rings. The van der Waals surface area contributed by atoms with E-state index in [1.54, 1.807) is 0 Å². The lowest BCUT2D eigenvalue weighted by atomic mass is 9.90. The Hall–Kier alpha value is -0.830. The fourth-order valence-corrected chi connectivity index (χ4v) is 3.16. The van der Waals surface area contributed by atoms with E-state index in [2.05, 4.69) is 39.4 Å². The Bertz CT molecular complexity index is 443. The van der Waals surface area contributed by atoms with Crippen molar-refractivity contribution in [3.05, 3.63) is 33.8 Å². The molecule has 15 heavy (non-hydrogen) atoms. The van der Waals surface area contributed by atoms with Crippen LogP contribution in [0.3, 0.4) is 0 Å². The molecule has 1 N–H and O–H groups in total. The van der Waals surface area contributed by atoms with Gasteiger partial charge in [-0.25, -0.2) is 0 Å². The fourth-order valence-electron chi connectivity index (χ4n) is 2.80. The summed E-state index contributed by atoms with van der Waals surface area (Å²) in [5.41, 5.74) is 2.67. The molecule has 78 valence electrons. The summed E-state index contributed by atoms with van der Waals surface area (Å²) in [6, 6.07) is 6.40. The molecule has 0 bridgehead atoms. The highest BCUT2D eigenvalue weighted by atomic mass is 79.9. The SMILES string of the molecule is O=C1CC[C@]2(CCc3ccc(Br)cc32)N1. The number of hydrogen-bond donors (Lipinski definition) is 1. The highest BCUT2D eigenvalue weighted by Gasteiger charge is 2.43. The van der Waals surface area contributed by atoms with Crippen LogP contribution >= 0.6 is 15.9 Å². The first-order valence-corrected chi connectivity index (χ1v) is 6.09. The molecular weight excluding hydrogens is 254 g/mol. The average Bonchev–Trinajstić information content (AvgIpc) is 2.74. The van der Waals surface area contributed by atoms with Gasteiger partial charge in [0, 0.05) is 10.9 Å². The predicted molar refractivity (Wildman–Crippen MR) is 61.5 cm³/mol. The summed E-state index contributed by atoms with van der Waals surface area (Å²) in [5.74, 6) is 0.197. The number of hydrogen-bond acceptors (Lipinski definition) is 1. The average molecular weight is 266 g/mol. The molecular formula is C12H12BrNO. The minimum absolute atomic E-state index is 0.0454. The molecule has 1 aromatic rings. The summed E-state index contributed by atoms with van der Waals surface area (Å²) >= 11 is 3.50. The summed E-state index contributed by atoms with van der Waals surface area (Å²) in [4.78, 5) is 11.4. The van der Waals surface area contributed by atoms with Crippen molar-refractivity contribution in [2.75, 3.05) is 0 Å². The Kier molecular flexibility index (Phi) is 1.93. The van der Waals surface area contributed by atoms with E-state index in [0.29, 0.717) is 6.42 Å². The molecule has 0 unspecified atom stereocenters. The van der Waals surface area contributed by atoms with Crippen LogP contribution in [-0.2, 0) is 16.8 Å². The van der Waals surface area contributed by atoms with E-state index in [0.717, 1.165) is 23.7 Å². The highest BCUT2D eigenvalue weighted by molar-refractivity contribution is 9.10. The van der Waals surface area contributed by atoms with Crippen LogP contribution in [-0.4, -0.2) is 5.91 Å². The van der Waals surface area contributed by atoms with Gasteiger partial charge in [0.1, 0.15) is 0 Å². The zero-order chi connectivity index (χ0) is 10.5. The van der Waals surface area contributed by atoms with Gasteiger partial charge in [-0.1, -0.05) is 22.0 Å². The molecule has 1 heterocycles. The lowest BCUT2D eigenvalue weighted by molar-refractivity contribution is -0.119. The lowest BCUT2D eigenvalue weighted by Crippen LogP contribution is -2.36. The van der Waals surface area contributed by atoms with Gasteiger partial charge in [0.05, 0.1) is 5.54 Å². The topological polar surface area (TPSA) is 29.1 Å². The third-order valence-electron chi connectivity index (χ3n) is 3.57. The van der Waals surface area contributed by atoms with Crippen LogP contribution in [0.15, 0.2) is 22.7 Å². The maximum Gasteiger partial charge on any atom is 0.220 e. The molecule has 0 aromatic heterocycles. The van der Waals surface area contributed by atoms with E-state index < -0.39 is 0 Å². The second kappa shape index (κ2) is 3.08. The van der Waals surface area contributed by atoms with Crippen LogP contribution in [0.5, 0.6) is 0 Å². The minimum atomic E-state index is -0.0454. The first-order valence-electron chi connectivity index (χ1n) is 5.30. The van der Waals surface area contributed by atoms with Gasteiger partial charge in [-0.3, -0.25) is 4.79 Å². The van der Waals surface area contributed by atoms with Gasteiger partial charge in [0.25, 0.3) is 0 Å². The van der Waals surface area contributed by atoms with Gasteiger partial charge in [-0.15, -0.1) is 0 Å². The molecule has 3 heteroatoms. The van der Waals surface area contributed by atoms with Crippen LogP contribution in [0.1, 0.15) is 30.4 Å². The van der Waals surface area contributed by atoms with Gasteiger partial charge >= 0.3 is 0 Å². The first-order chi connectivity index (χ1) is 7.20. The normalized spacial score (nSPS) is 28.2. The van der Waals surface area contributed by atoms with Crippen molar-refractivity contribution >= 4 is 21.8 Å². The number of nitrogens with one attached hydrogen (secondary N) is 1. The molecule has 0 radical (unpaired) electrons. The van der Waals surface area contributed by atoms with Gasteiger partial charge in [0.15, 0.2) is 0 Å². The van der Waals surface area contributed by atoms with Crippen LogP contribution in [0.25, 0.3) is 0 Å². The zero-order valence-corrected chi connectivity index (χ0v) is 9.93. The van der Waals surface area contributed by atoms with Crippen LogP contribution < -0.4 is 5.32 Å². The molecule has 1 fully saturated rings. The summed E-state index contributed by atoms with van der Waals surface area (Å²) in [6.45, 7) is 0. The first kappa shape index (κ1) is 9.40. The van der Waals surface area contributed by atoms with Gasteiger partial charge in [0.2, 0.25) is 5.91 Å². The fraction of sp³-hybridized carbons (Fsp3) is 0.417. The third-order valence-corrected chi connectivity index (χ3v) is 4.06. The Balaban J connectivity index is 2.10. The second-order valence-corrected chi connectivity index (χ2v) is 5.35. The van der Waals surface area contributed by atoms with E-state index >= 15 is 0 Å². The molecule has 0 saturated carbocycles. The second-order valence-electron chi connectivity index (χ2n) is 4.43. The van der Waals surface area contributed by atoms with Gasteiger partial charge in [-0.05, 0) is 42.5 Å². The van der Waals surface area contributed by atoms with Crippen molar-refractivity contribution in [2.45, 2.75) is 31.2 Å². The van der Waals surface area contributed by atoms with Gasteiger partial charge < -0.3 is 5.32 Å². The van der Waals surface area contributed by atoms with Crippen molar-refractivity contribution in [3.8, 4) is 0 Å². The smallest absolute Gasteiger partial charge is 0.220 e. The van der Waals surface area contributed by atoms with E-state index in [4.69, 9.17) is 0 Å². The van der Waals surface area contributed by atoms with Crippen molar-refractivity contribution in [1.82, 2.24) is 5.32 Å². The Morgan fingerprint density at radius 2 is 2.07 bits per heavy atom. The molecule has 1 amide bonds. The van der Waals surface area contributed by atoms with Crippen LogP contribution in [0, 0.1) is 0 Å². The minimum Gasteiger partial charge on any atom is -0.347 e. The number of fused-ring (bicyclic) bond motifs is 2. The maximum absolute atomic E-state index is 11.4. The number of aryl methyl sites for hydroxylation is 1.